The molecule has 1 aromatic rings. The maximum absolute atomic E-state index is 13.2. The van der Waals surface area contributed by atoms with Gasteiger partial charge in [0.1, 0.15) is 5.82 Å². The molecule has 3 nitrogen and oxygen atoms in total. The molecule has 0 atom stereocenters. The number of benzene rings is 1. The molecule has 1 amide bonds. The molecule has 0 unspecified atom stereocenters. The molecular weight excluding hydrogens is 251 g/mol. The minimum Gasteiger partial charge on any atom is -0.396 e. The smallest absolute Gasteiger partial charge is 0.232 e. The first kappa shape index (κ1) is 14.8. The summed E-state index contributed by atoms with van der Waals surface area (Å²) in [6.07, 6.45) is 0. The van der Waals surface area contributed by atoms with E-state index in [9.17, 15) is 9.18 Å². The van der Waals surface area contributed by atoms with Gasteiger partial charge in [-0.05, 0) is 31.5 Å². The van der Waals surface area contributed by atoms with Crippen LogP contribution < -0.4 is 5.73 Å². The monoisotopic (exact) mass is 270 g/mol. The zero-order valence-corrected chi connectivity index (χ0v) is 11.6. The van der Waals surface area contributed by atoms with E-state index in [-0.39, 0.29) is 11.6 Å². The van der Waals surface area contributed by atoms with Gasteiger partial charge < -0.3 is 10.6 Å². The summed E-state index contributed by atoms with van der Waals surface area (Å²) in [5.74, 6) is 0.766. The van der Waals surface area contributed by atoms with Crippen LogP contribution in [-0.2, 0) is 10.5 Å². The largest absolute Gasteiger partial charge is 0.396 e. The molecule has 0 aliphatic carbocycles. The highest BCUT2D eigenvalue weighted by molar-refractivity contribution is 7.99. The highest BCUT2D eigenvalue weighted by atomic mass is 32.2. The number of halogens is 1. The Bertz CT molecular complexity index is 408. The third-order valence-corrected chi connectivity index (χ3v) is 3.66. The van der Waals surface area contributed by atoms with Crippen LogP contribution in [0.25, 0.3) is 0 Å². The quantitative estimate of drug-likeness (QED) is 0.808. The second-order valence-electron chi connectivity index (χ2n) is 3.91. The van der Waals surface area contributed by atoms with Crippen LogP contribution in [0.1, 0.15) is 19.4 Å². The summed E-state index contributed by atoms with van der Waals surface area (Å²) in [6, 6.07) is 4.76. The highest BCUT2D eigenvalue weighted by Crippen LogP contribution is 2.17. The number of nitrogens with two attached hydrogens (primary N) is 1. The molecule has 1 aromatic carbocycles. The summed E-state index contributed by atoms with van der Waals surface area (Å²) in [6.45, 7) is 5.38. The fourth-order valence-electron chi connectivity index (χ4n) is 1.58. The van der Waals surface area contributed by atoms with E-state index in [1.807, 2.05) is 13.8 Å². The molecule has 100 valence electrons. The van der Waals surface area contributed by atoms with E-state index in [1.54, 1.807) is 17.0 Å². The van der Waals surface area contributed by atoms with Crippen molar-refractivity contribution in [3.8, 4) is 0 Å². The van der Waals surface area contributed by atoms with Gasteiger partial charge >= 0.3 is 0 Å². The fraction of sp³-hybridized carbons (Fsp3) is 0.462. The SMILES string of the molecule is CCN(CC)C(=O)CSCc1ccc(N)c(F)c1. The second-order valence-corrected chi connectivity index (χ2v) is 4.90. The van der Waals surface area contributed by atoms with Gasteiger partial charge in [0.05, 0.1) is 11.4 Å². The first-order valence-electron chi connectivity index (χ1n) is 5.97. The van der Waals surface area contributed by atoms with Crippen LogP contribution in [0.5, 0.6) is 0 Å². The fourth-order valence-corrected chi connectivity index (χ4v) is 2.46. The Morgan fingerprint density at radius 1 is 1.39 bits per heavy atom. The predicted octanol–water partition coefficient (Wildman–Crippen LogP) is 2.51. The van der Waals surface area contributed by atoms with E-state index < -0.39 is 5.82 Å². The van der Waals surface area contributed by atoms with Gasteiger partial charge in [-0.25, -0.2) is 4.39 Å². The molecule has 0 saturated heterocycles. The van der Waals surface area contributed by atoms with Crippen molar-refractivity contribution in [3.63, 3.8) is 0 Å². The Labute approximate surface area is 112 Å². The topological polar surface area (TPSA) is 46.3 Å². The van der Waals surface area contributed by atoms with Gasteiger partial charge in [-0.2, -0.15) is 0 Å². The lowest BCUT2D eigenvalue weighted by molar-refractivity contribution is -0.127. The summed E-state index contributed by atoms with van der Waals surface area (Å²) in [5.41, 5.74) is 6.40. The van der Waals surface area contributed by atoms with Crippen LogP contribution in [-0.4, -0.2) is 29.6 Å². The number of hydrogen-bond donors (Lipinski definition) is 1. The van der Waals surface area contributed by atoms with E-state index in [0.29, 0.717) is 11.5 Å². The first-order chi connectivity index (χ1) is 8.58. The van der Waals surface area contributed by atoms with Gasteiger partial charge in [-0.1, -0.05) is 6.07 Å². The molecule has 0 saturated carbocycles. The molecule has 18 heavy (non-hydrogen) atoms. The van der Waals surface area contributed by atoms with Crippen molar-refractivity contribution in [2.45, 2.75) is 19.6 Å². The number of nitrogens with zero attached hydrogens (tertiary/aromatic N) is 1. The Hall–Kier alpha value is -1.23. The number of thioether (sulfide) groups is 1. The van der Waals surface area contributed by atoms with Crippen LogP contribution in [0.4, 0.5) is 10.1 Å². The third-order valence-electron chi connectivity index (χ3n) is 2.68. The number of anilines is 1. The Morgan fingerprint density at radius 2 is 2.06 bits per heavy atom. The maximum Gasteiger partial charge on any atom is 0.232 e. The van der Waals surface area contributed by atoms with Crippen molar-refractivity contribution < 1.29 is 9.18 Å². The number of carbonyl (C=O) groups excluding carboxylic acids is 1. The molecule has 0 bridgehead atoms. The molecule has 0 heterocycles. The zero-order valence-electron chi connectivity index (χ0n) is 10.8. The van der Waals surface area contributed by atoms with E-state index in [1.165, 1.54) is 17.8 Å². The summed E-state index contributed by atoms with van der Waals surface area (Å²) >= 11 is 1.49. The van der Waals surface area contributed by atoms with Crippen molar-refractivity contribution in [2.24, 2.45) is 0 Å². The summed E-state index contributed by atoms with van der Waals surface area (Å²) < 4.78 is 13.2. The summed E-state index contributed by atoms with van der Waals surface area (Å²) in [7, 11) is 0. The van der Waals surface area contributed by atoms with Crippen LogP contribution in [0.3, 0.4) is 0 Å². The lowest BCUT2D eigenvalue weighted by Crippen LogP contribution is -2.31. The molecule has 1 rings (SSSR count). The number of amides is 1. The van der Waals surface area contributed by atoms with Crippen LogP contribution in [0.2, 0.25) is 0 Å². The van der Waals surface area contributed by atoms with Crippen LogP contribution in [0, 0.1) is 5.82 Å². The molecule has 0 aromatic heterocycles. The summed E-state index contributed by atoms with van der Waals surface area (Å²) in [4.78, 5) is 13.5. The maximum atomic E-state index is 13.2. The van der Waals surface area contributed by atoms with Crippen molar-refractivity contribution in [1.82, 2.24) is 4.90 Å². The molecule has 0 fully saturated rings. The predicted molar refractivity (Wildman–Crippen MR) is 74.9 cm³/mol. The molecule has 0 spiro atoms. The van der Waals surface area contributed by atoms with Gasteiger partial charge in [0, 0.05) is 18.8 Å². The lowest BCUT2D eigenvalue weighted by Gasteiger charge is -2.18. The van der Waals surface area contributed by atoms with Gasteiger partial charge in [-0.3, -0.25) is 4.79 Å². The van der Waals surface area contributed by atoms with Crippen molar-refractivity contribution in [2.75, 3.05) is 24.6 Å². The minimum atomic E-state index is -0.400. The number of rotatable bonds is 6. The molecule has 0 radical (unpaired) electrons. The normalized spacial score (nSPS) is 10.4. The molecule has 0 aliphatic heterocycles. The van der Waals surface area contributed by atoms with Crippen LogP contribution >= 0.6 is 11.8 Å². The molecule has 5 heteroatoms. The summed E-state index contributed by atoms with van der Waals surface area (Å²) in [5, 5.41) is 0. The van der Waals surface area contributed by atoms with Gasteiger partial charge in [-0.15, -0.1) is 11.8 Å². The van der Waals surface area contributed by atoms with Gasteiger partial charge in [0.15, 0.2) is 0 Å². The average molecular weight is 270 g/mol. The van der Waals surface area contributed by atoms with E-state index in [4.69, 9.17) is 5.73 Å². The number of hydrogen-bond acceptors (Lipinski definition) is 3. The molecule has 2 N–H and O–H groups in total. The van der Waals surface area contributed by atoms with E-state index in [0.717, 1.165) is 18.7 Å². The van der Waals surface area contributed by atoms with Gasteiger partial charge in [0.25, 0.3) is 0 Å². The van der Waals surface area contributed by atoms with Crippen molar-refractivity contribution in [1.29, 1.82) is 0 Å². The second kappa shape index (κ2) is 7.26. The lowest BCUT2D eigenvalue weighted by atomic mass is 10.2. The number of nitrogen functional groups attached to an aromatic ring is 1. The highest BCUT2D eigenvalue weighted by Gasteiger charge is 2.09. The number of carbonyl (C=O) groups is 1. The average Bonchev–Trinajstić information content (AvgIpc) is 2.35. The Kier molecular flexibility index (Phi) is 5.98. The van der Waals surface area contributed by atoms with Crippen LogP contribution in [0.15, 0.2) is 18.2 Å². The van der Waals surface area contributed by atoms with Crippen molar-refractivity contribution in [3.05, 3.63) is 29.6 Å². The zero-order chi connectivity index (χ0) is 13.5. The standard InChI is InChI=1S/C13H19FN2OS/c1-3-16(4-2)13(17)9-18-8-10-5-6-12(15)11(14)7-10/h5-7H,3-4,8-9,15H2,1-2H3. The van der Waals surface area contributed by atoms with E-state index >= 15 is 0 Å². The first-order valence-corrected chi connectivity index (χ1v) is 7.13. The van der Waals surface area contributed by atoms with Gasteiger partial charge in [0.2, 0.25) is 5.91 Å². The third kappa shape index (κ3) is 4.22. The Balaban J connectivity index is 2.41. The molecular formula is C13H19FN2OS. The van der Waals surface area contributed by atoms with Crippen molar-refractivity contribution >= 4 is 23.4 Å². The molecule has 0 aliphatic rings. The minimum absolute atomic E-state index is 0.126. The van der Waals surface area contributed by atoms with E-state index in [2.05, 4.69) is 0 Å². The Morgan fingerprint density at radius 3 is 2.61 bits per heavy atom.